The van der Waals surface area contributed by atoms with E-state index in [0.717, 1.165) is 74.8 Å². The SMILES string of the molecule is c1ccc2sc(N3CCN(c4cc(N5CCOCC5)ncn4)CC3)nc2c1. The molecule has 0 atom stereocenters. The van der Waals surface area contributed by atoms with Crippen LogP contribution < -0.4 is 14.7 Å². The molecule has 5 rings (SSSR count). The van der Waals surface area contributed by atoms with Gasteiger partial charge in [0.25, 0.3) is 0 Å². The van der Waals surface area contributed by atoms with Crippen LogP contribution in [0.5, 0.6) is 0 Å². The molecule has 3 aromatic rings. The van der Waals surface area contributed by atoms with Gasteiger partial charge in [-0.25, -0.2) is 15.0 Å². The summed E-state index contributed by atoms with van der Waals surface area (Å²) in [5, 5.41) is 1.12. The zero-order valence-corrected chi connectivity index (χ0v) is 15.9. The summed E-state index contributed by atoms with van der Waals surface area (Å²) >= 11 is 1.77. The lowest BCUT2D eigenvalue weighted by Gasteiger charge is -2.35. The first kappa shape index (κ1) is 16.7. The summed E-state index contributed by atoms with van der Waals surface area (Å²) in [5.74, 6) is 2.01. The Kier molecular flexibility index (Phi) is 4.51. The molecule has 0 aliphatic carbocycles. The molecule has 7 nitrogen and oxygen atoms in total. The Morgan fingerprint density at radius 2 is 1.48 bits per heavy atom. The number of ether oxygens (including phenoxy) is 1. The Balaban J connectivity index is 1.27. The van der Waals surface area contributed by atoms with Gasteiger partial charge in [0.2, 0.25) is 0 Å². The van der Waals surface area contributed by atoms with Crippen LogP contribution in [0.3, 0.4) is 0 Å². The third-order valence-electron chi connectivity index (χ3n) is 5.13. The molecule has 4 heterocycles. The number of aromatic nitrogens is 3. The molecular weight excluding hydrogens is 360 g/mol. The average molecular weight is 382 g/mol. The minimum Gasteiger partial charge on any atom is -0.378 e. The zero-order chi connectivity index (χ0) is 18.1. The highest BCUT2D eigenvalue weighted by Gasteiger charge is 2.22. The molecule has 2 saturated heterocycles. The molecule has 2 aromatic heterocycles. The van der Waals surface area contributed by atoms with E-state index in [2.05, 4.69) is 48.9 Å². The van der Waals surface area contributed by atoms with Crippen molar-refractivity contribution in [2.24, 2.45) is 0 Å². The largest absolute Gasteiger partial charge is 0.378 e. The Labute approximate surface area is 162 Å². The van der Waals surface area contributed by atoms with Crippen molar-refractivity contribution < 1.29 is 4.74 Å². The van der Waals surface area contributed by atoms with Gasteiger partial charge in [0, 0.05) is 45.3 Å². The second-order valence-corrected chi connectivity index (χ2v) is 7.78. The van der Waals surface area contributed by atoms with Crippen molar-refractivity contribution >= 4 is 38.3 Å². The molecule has 27 heavy (non-hydrogen) atoms. The minimum absolute atomic E-state index is 0.764. The monoisotopic (exact) mass is 382 g/mol. The van der Waals surface area contributed by atoms with E-state index >= 15 is 0 Å². The van der Waals surface area contributed by atoms with Crippen LogP contribution in [0.2, 0.25) is 0 Å². The first-order valence-electron chi connectivity index (χ1n) is 9.37. The van der Waals surface area contributed by atoms with E-state index in [1.165, 1.54) is 4.70 Å². The lowest BCUT2D eigenvalue weighted by Crippen LogP contribution is -2.47. The fourth-order valence-corrected chi connectivity index (χ4v) is 4.61. The Morgan fingerprint density at radius 3 is 2.22 bits per heavy atom. The molecule has 0 saturated carbocycles. The standard InChI is InChI=1S/C19H22N6OS/c1-2-4-16-15(3-1)22-19(27-16)25-7-5-23(6-8-25)17-13-18(21-14-20-17)24-9-11-26-12-10-24/h1-4,13-14H,5-12H2. The molecule has 0 bridgehead atoms. The topological polar surface area (TPSA) is 57.6 Å². The Bertz CT molecular complexity index is 884. The highest BCUT2D eigenvalue weighted by molar-refractivity contribution is 7.22. The lowest BCUT2D eigenvalue weighted by atomic mass is 10.3. The Hall–Kier alpha value is -2.45. The maximum Gasteiger partial charge on any atom is 0.186 e. The van der Waals surface area contributed by atoms with Gasteiger partial charge < -0.3 is 19.4 Å². The number of hydrogen-bond acceptors (Lipinski definition) is 8. The van der Waals surface area contributed by atoms with Crippen molar-refractivity contribution in [1.29, 1.82) is 0 Å². The van der Waals surface area contributed by atoms with Gasteiger partial charge in [-0.1, -0.05) is 23.5 Å². The second-order valence-electron chi connectivity index (χ2n) is 6.77. The normalized spacial score (nSPS) is 18.3. The summed E-state index contributed by atoms with van der Waals surface area (Å²) in [4.78, 5) is 20.8. The highest BCUT2D eigenvalue weighted by atomic mass is 32.1. The predicted molar refractivity (Wildman–Crippen MR) is 109 cm³/mol. The molecule has 0 radical (unpaired) electrons. The third kappa shape index (κ3) is 3.42. The van der Waals surface area contributed by atoms with E-state index in [-0.39, 0.29) is 0 Å². The number of morpholine rings is 1. The molecule has 140 valence electrons. The van der Waals surface area contributed by atoms with Gasteiger partial charge in [0.15, 0.2) is 5.13 Å². The predicted octanol–water partition coefficient (Wildman–Crippen LogP) is 2.25. The summed E-state index contributed by atoms with van der Waals surface area (Å²) < 4.78 is 6.69. The quantitative estimate of drug-likeness (QED) is 0.689. The van der Waals surface area contributed by atoms with Crippen molar-refractivity contribution in [3.63, 3.8) is 0 Å². The molecule has 0 spiro atoms. The van der Waals surface area contributed by atoms with Crippen LogP contribution in [0.15, 0.2) is 36.7 Å². The van der Waals surface area contributed by atoms with Crippen molar-refractivity contribution in [3.8, 4) is 0 Å². The molecule has 2 aliphatic heterocycles. The van der Waals surface area contributed by atoms with E-state index in [1.54, 1.807) is 17.7 Å². The van der Waals surface area contributed by atoms with Crippen LogP contribution in [0, 0.1) is 0 Å². The number of piperazine rings is 1. The zero-order valence-electron chi connectivity index (χ0n) is 15.1. The molecule has 0 unspecified atom stereocenters. The number of thiazole rings is 1. The summed E-state index contributed by atoms with van der Waals surface area (Å²) in [7, 11) is 0. The van der Waals surface area contributed by atoms with E-state index in [0.29, 0.717) is 0 Å². The van der Waals surface area contributed by atoms with Crippen LogP contribution in [0.25, 0.3) is 10.2 Å². The van der Waals surface area contributed by atoms with Crippen molar-refractivity contribution in [2.75, 3.05) is 67.2 Å². The number of benzene rings is 1. The molecule has 2 fully saturated rings. The molecule has 8 heteroatoms. The van der Waals surface area contributed by atoms with Gasteiger partial charge in [0.05, 0.1) is 23.4 Å². The van der Waals surface area contributed by atoms with Gasteiger partial charge in [-0.3, -0.25) is 0 Å². The molecule has 0 amide bonds. The van der Waals surface area contributed by atoms with Crippen molar-refractivity contribution in [2.45, 2.75) is 0 Å². The summed E-state index contributed by atoms with van der Waals surface area (Å²) in [6, 6.07) is 10.5. The summed E-state index contributed by atoms with van der Waals surface area (Å²) in [6.45, 7) is 7.10. The maximum absolute atomic E-state index is 5.44. The number of nitrogens with zero attached hydrogens (tertiary/aromatic N) is 6. The van der Waals surface area contributed by atoms with E-state index in [1.807, 2.05) is 6.07 Å². The molecule has 1 aromatic carbocycles. The van der Waals surface area contributed by atoms with Crippen LogP contribution in [0.1, 0.15) is 0 Å². The van der Waals surface area contributed by atoms with Gasteiger partial charge in [-0.15, -0.1) is 0 Å². The fourth-order valence-electron chi connectivity index (χ4n) is 3.60. The van der Waals surface area contributed by atoms with E-state index in [9.17, 15) is 0 Å². The first-order chi connectivity index (χ1) is 13.4. The average Bonchev–Trinajstić information content (AvgIpc) is 3.19. The number of anilines is 3. The number of para-hydroxylation sites is 1. The van der Waals surface area contributed by atoms with Crippen molar-refractivity contribution in [1.82, 2.24) is 15.0 Å². The molecule has 0 N–H and O–H groups in total. The van der Waals surface area contributed by atoms with Crippen LogP contribution in [-0.2, 0) is 4.74 Å². The minimum atomic E-state index is 0.764. The van der Waals surface area contributed by atoms with Gasteiger partial charge in [0.1, 0.15) is 18.0 Å². The number of rotatable bonds is 3. The van der Waals surface area contributed by atoms with Gasteiger partial charge >= 0.3 is 0 Å². The molecule has 2 aliphatic rings. The van der Waals surface area contributed by atoms with Crippen LogP contribution in [-0.4, -0.2) is 67.4 Å². The highest BCUT2D eigenvalue weighted by Crippen LogP contribution is 2.29. The smallest absolute Gasteiger partial charge is 0.186 e. The van der Waals surface area contributed by atoms with Gasteiger partial charge in [-0.2, -0.15) is 0 Å². The van der Waals surface area contributed by atoms with Gasteiger partial charge in [-0.05, 0) is 12.1 Å². The van der Waals surface area contributed by atoms with E-state index in [4.69, 9.17) is 9.72 Å². The third-order valence-corrected chi connectivity index (χ3v) is 6.23. The van der Waals surface area contributed by atoms with Crippen molar-refractivity contribution in [3.05, 3.63) is 36.7 Å². The summed E-state index contributed by atoms with van der Waals surface area (Å²) in [6.07, 6.45) is 1.68. The summed E-state index contributed by atoms with van der Waals surface area (Å²) in [5.41, 5.74) is 1.09. The first-order valence-corrected chi connectivity index (χ1v) is 10.2. The maximum atomic E-state index is 5.44. The molecular formula is C19H22N6OS. The van der Waals surface area contributed by atoms with Crippen LogP contribution in [0.4, 0.5) is 16.8 Å². The number of hydrogen-bond donors (Lipinski definition) is 0. The van der Waals surface area contributed by atoms with E-state index < -0.39 is 0 Å². The Morgan fingerprint density at radius 1 is 0.815 bits per heavy atom. The number of fused-ring (bicyclic) bond motifs is 1. The fraction of sp³-hybridized carbons (Fsp3) is 0.421. The lowest BCUT2D eigenvalue weighted by molar-refractivity contribution is 0.122. The second kappa shape index (κ2) is 7.28. The van der Waals surface area contributed by atoms with Crippen LogP contribution >= 0.6 is 11.3 Å².